The first kappa shape index (κ1) is 12.0. The van der Waals surface area contributed by atoms with Crippen LogP contribution in [-0.4, -0.2) is 24.0 Å². The topological polar surface area (TPSA) is 77.8 Å². The maximum absolute atomic E-state index is 11.3. The van der Waals surface area contributed by atoms with Gasteiger partial charge < -0.3 is 10.6 Å². The Kier molecular flexibility index (Phi) is 4.80. The molecule has 0 unspecified atom stereocenters. The first-order valence-electron chi connectivity index (χ1n) is 5.13. The summed E-state index contributed by atoms with van der Waals surface area (Å²) in [5.41, 5.74) is 0.436. The van der Waals surface area contributed by atoms with Crippen molar-refractivity contribution in [2.24, 2.45) is 0 Å². The minimum Gasteiger partial charge on any atom is -0.360 e. The van der Waals surface area contributed by atoms with Gasteiger partial charge in [0, 0.05) is 12.7 Å². The molecule has 1 heterocycles. The molecule has 0 bridgehead atoms. The number of hydrogen-bond acceptors (Lipinski definition) is 4. The third kappa shape index (κ3) is 3.58. The predicted molar refractivity (Wildman–Crippen MR) is 60.7 cm³/mol. The molecule has 1 amide bonds. The van der Waals surface area contributed by atoms with Crippen molar-refractivity contribution in [1.29, 1.82) is 5.26 Å². The monoisotopic (exact) mass is 218 g/mol. The minimum absolute atomic E-state index is 0.101. The summed E-state index contributed by atoms with van der Waals surface area (Å²) in [7, 11) is 0. The smallest absolute Gasteiger partial charge is 0.239 e. The van der Waals surface area contributed by atoms with Crippen LogP contribution in [0.3, 0.4) is 0 Å². The highest BCUT2D eigenvalue weighted by molar-refractivity contribution is 5.80. The summed E-state index contributed by atoms with van der Waals surface area (Å²) < 4.78 is 0. The summed E-state index contributed by atoms with van der Waals surface area (Å²) in [5, 5.41) is 14.3. The van der Waals surface area contributed by atoms with Gasteiger partial charge in [-0.15, -0.1) is 0 Å². The second kappa shape index (κ2) is 6.40. The fourth-order valence-corrected chi connectivity index (χ4v) is 1.13. The summed E-state index contributed by atoms with van der Waals surface area (Å²) in [6, 6.07) is 5.34. The summed E-state index contributed by atoms with van der Waals surface area (Å²) in [6.45, 7) is 2.78. The highest BCUT2D eigenvalue weighted by atomic mass is 16.1. The van der Waals surface area contributed by atoms with Crippen LogP contribution >= 0.6 is 0 Å². The number of nitrogens with one attached hydrogen (secondary N) is 2. The van der Waals surface area contributed by atoms with Crippen LogP contribution in [0.5, 0.6) is 0 Å². The van der Waals surface area contributed by atoms with Crippen molar-refractivity contribution in [2.45, 2.75) is 13.3 Å². The van der Waals surface area contributed by atoms with E-state index in [0.717, 1.165) is 6.42 Å². The van der Waals surface area contributed by atoms with Gasteiger partial charge in [0.15, 0.2) is 0 Å². The Bertz CT molecular complexity index is 397. The van der Waals surface area contributed by atoms with Crippen LogP contribution in [0.4, 0.5) is 5.82 Å². The van der Waals surface area contributed by atoms with Crippen molar-refractivity contribution in [1.82, 2.24) is 10.3 Å². The molecule has 5 heteroatoms. The number of rotatable bonds is 5. The third-order valence-electron chi connectivity index (χ3n) is 1.92. The van der Waals surface area contributed by atoms with E-state index in [9.17, 15) is 4.79 Å². The third-order valence-corrected chi connectivity index (χ3v) is 1.92. The maximum Gasteiger partial charge on any atom is 0.239 e. The standard InChI is InChI=1S/C11H14N4O/c1-2-5-13-10(16)8-15-11-9(7-12)4-3-6-14-11/h3-4,6H,2,5,8H2,1H3,(H,13,16)(H,14,15). The van der Waals surface area contributed by atoms with Gasteiger partial charge in [0.2, 0.25) is 5.91 Å². The maximum atomic E-state index is 11.3. The highest BCUT2D eigenvalue weighted by Crippen LogP contribution is 2.08. The number of carbonyl (C=O) groups excluding carboxylic acids is 1. The molecule has 0 saturated heterocycles. The van der Waals surface area contributed by atoms with Gasteiger partial charge >= 0.3 is 0 Å². The second-order valence-electron chi connectivity index (χ2n) is 3.21. The van der Waals surface area contributed by atoms with Crippen LogP contribution in [0.25, 0.3) is 0 Å². The largest absolute Gasteiger partial charge is 0.360 e. The zero-order chi connectivity index (χ0) is 11.8. The van der Waals surface area contributed by atoms with Crippen molar-refractivity contribution in [3.05, 3.63) is 23.9 Å². The fraction of sp³-hybridized carbons (Fsp3) is 0.364. The van der Waals surface area contributed by atoms with E-state index in [2.05, 4.69) is 15.6 Å². The van der Waals surface area contributed by atoms with E-state index in [1.807, 2.05) is 13.0 Å². The molecular formula is C11H14N4O. The number of carbonyl (C=O) groups is 1. The van der Waals surface area contributed by atoms with Crippen LogP contribution in [0.1, 0.15) is 18.9 Å². The van der Waals surface area contributed by atoms with E-state index in [-0.39, 0.29) is 12.5 Å². The number of nitrogens with zero attached hydrogens (tertiary/aromatic N) is 2. The van der Waals surface area contributed by atoms with E-state index < -0.39 is 0 Å². The van der Waals surface area contributed by atoms with Crippen molar-refractivity contribution in [3.8, 4) is 6.07 Å². The van der Waals surface area contributed by atoms with E-state index in [1.165, 1.54) is 0 Å². The molecule has 0 radical (unpaired) electrons. The molecule has 0 saturated carbocycles. The Morgan fingerprint density at radius 3 is 3.12 bits per heavy atom. The second-order valence-corrected chi connectivity index (χ2v) is 3.21. The van der Waals surface area contributed by atoms with Crippen molar-refractivity contribution >= 4 is 11.7 Å². The van der Waals surface area contributed by atoms with Gasteiger partial charge in [-0.3, -0.25) is 4.79 Å². The molecule has 84 valence electrons. The van der Waals surface area contributed by atoms with Crippen LogP contribution < -0.4 is 10.6 Å². The fourth-order valence-electron chi connectivity index (χ4n) is 1.13. The average Bonchev–Trinajstić information content (AvgIpc) is 2.34. The lowest BCUT2D eigenvalue weighted by molar-refractivity contribution is -0.119. The Hall–Kier alpha value is -2.09. The molecule has 0 aromatic carbocycles. The van der Waals surface area contributed by atoms with E-state index in [1.54, 1.807) is 18.3 Å². The Balaban J connectivity index is 2.48. The zero-order valence-electron chi connectivity index (χ0n) is 9.16. The number of aromatic nitrogens is 1. The lowest BCUT2D eigenvalue weighted by atomic mass is 10.3. The van der Waals surface area contributed by atoms with Gasteiger partial charge in [0.05, 0.1) is 12.1 Å². The van der Waals surface area contributed by atoms with Crippen molar-refractivity contribution in [2.75, 3.05) is 18.4 Å². The number of pyridine rings is 1. The van der Waals surface area contributed by atoms with E-state index in [0.29, 0.717) is 17.9 Å². The Morgan fingerprint density at radius 1 is 1.62 bits per heavy atom. The Labute approximate surface area is 94.5 Å². The van der Waals surface area contributed by atoms with Gasteiger partial charge in [-0.1, -0.05) is 6.92 Å². The van der Waals surface area contributed by atoms with Gasteiger partial charge in [-0.05, 0) is 18.6 Å². The van der Waals surface area contributed by atoms with Crippen LogP contribution in [0.15, 0.2) is 18.3 Å². The molecular weight excluding hydrogens is 204 g/mol. The number of amides is 1. The zero-order valence-corrected chi connectivity index (χ0v) is 9.16. The van der Waals surface area contributed by atoms with Crippen molar-refractivity contribution in [3.63, 3.8) is 0 Å². The highest BCUT2D eigenvalue weighted by Gasteiger charge is 2.04. The molecule has 2 N–H and O–H groups in total. The first-order chi connectivity index (χ1) is 7.77. The molecule has 1 rings (SSSR count). The SMILES string of the molecule is CCCNC(=O)CNc1ncccc1C#N. The lowest BCUT2D eigenvalue weighted by Crippen LogP contribution is -2.30. The van der Waals surface area contributed by atoms with Crippen LogP contribution in [0, 0.1) is 11.3 Å². The molecule has 1 aromatic heterocycles. The van der Waals surface area contributed by atoms with Crippen LogP contribution in [0.2, 0.25) is 0 Å². The molecule has 5 nitrogen and oxygen atoms in total. The predicted octanol–water partition coefficient (Wildman–Crippen LogP) is 0.891. The van der Waals surface area contributed by atoms with Gasteiger partial charge in [0.1, 0.15) is 11.9 Å². The molecule has 0 aliphatic carbocycles. The van der Waals surface area contributed by atoms with Crippen LogP contribution in [-0.2, 0) is 4.79 Å². The summed E-state index contributed by atoms with van der Waals surface area (Å²) in [4.78, 5) is 15.3. The summed E-state index contributed by atoms with van der Waals surface area (Å²) >= 11 is 0. The average molecular weight is 218 g/mol. The lowest BCUT2D eigenvalue weighted by Gasteiger charge is -2.06. The minimum atomic E-state index is -0.101. The Morgan fingerprint density at radius 2 is 2.44 bits per heavy atom. The summed E-state index contributed by atoms with van der Waals surface area (Å²) in [5.74, 6) is 0.341. The van der Waals surface area contributed by atoms with Gasteiger partial charge in [-0.25, -0.2) is 4.98 Å². The molecule has 0 aliphatic rings. The molecule has 0 atom stereocenters. The quantitative estimate of drug-likeness (QED) is 0.769. The number of hydrogen-bond donors (Lipinski definition) is 2. The molecule has 0 aliphatic heterocycles. The number of anilines is 1. The van der Waals surface area contributed by atoms with E-state index in [4.69, 9.17) is 5.26 Å². The van der Waals surface area contributed by atoms with Gasteiger partial charge in [-0.2, -0.15) is 5.26 Å². The normalized spacial score (nSPS) is 9.25. The summed E-state index contributed by atoms with van der Waals surface area (Å²) in [6.07, 6.45) is 2.48. The van der Waals surface area contributed by atoms with E-state index >= 15 is 0 Å². The first-order valence-corrected chi connectivity index (χ1v) is 5.13. The number of nitriles is 1. The molecule has 16 heavy (non-hydrogen) atoms. The van der Waals surface area contributed by atoms with Gasteiger partial charge in [0.25, 0.3) is 0 Å². The molecule has 0 fully saturated rings. The molecule has 0 spiro atoms. The molecule has 1 aromatic rings. The van der Waals surface area contributed by atoms with Crippen molar-refractivity contribution < 1.29 is 4.79 Å².